The molecule has 4 heteroatoms. The third kappa shape index (κ3) is 5.49. The van der Waals surface area contributed by atoms with Crippen molar-refractivity contribution in [1.29, 1.82) is 0 Å². The Morgan fingerprint density at radius 3 is 2.32 bits per heavy atom. The minimum atomic E-state index is -0.0962. The number of carbonyl (C=O) groups excluding carboxylic acids is 1. The van der Waals surface area contributed by atoms with Gasteiger partial charge in [-0.3, -0.25) is 9.69 Å². The molecule has 0 aromatic carbocycles. The summed E-state index contributed by atoms with van der Waals surface area (Å²) in [6.07, 6.45) is 1.84. The van der Waals surface area contributed by atoms with E-state index < -0.39 is 0 Å². The molecule has 0 aliphatic carbocycles. The Balaban J connectivity index is 2.19. The second-order valence-electron chi connectivity index (χ2n) is 7.27. The van der Waals surface area contributed by atoms with Gasteiger partial charge in [0.15, 0.2) is 0 Å². The van der Waals surface area contributed by atoms with Gasteiger partial charge in [-0.2, -0.15) is 0 Å². The molecule has 1 heterocycles. The van der Waals surface area contributed by atoms with E-state index in [1.807, 2.05) is 20.8 Å². The number of hydrogen-bond donors (Lipinski definition) is 1. The Hall–Kier alpha value is -0.610. The highest BCUT2D eigenvalue weighted by Crippen LogP contribution is 2.27. The number of likely N-dealkylation sites (tertiary alicyclic amines) is 1. The topological polar surface area (TPSA) is 41.6 Å². The predicted octanol–water partition coefficient (Wildman–Crippen LogP) is 2.18. The van der Waals surface area contributed by atoms with E-state index in [0.717, 1.165) is 19.4 Å². The van der Waals surface area contributed by atoms with Crippen LogP contribution in [0.5, 0.6) is 0 Å². The Bertz CT molecular complexity index is 302. The number of amides is 1. The van der Waals surface area contributed by atoms with Gasteiger partial charge in [0.1, 0.15) is 0 Å². The van der Waals surface area contributed by atoms with Crippen LogP contribution in [0.4, 0.5) is 0 Å². The lowest BCUT2D eigenvalue weighted by Gasteiger charge is -2.48. The molecule has 0 aromatic heterocycles. The fourth-order valence-electron chi connectivity index (χ4n) is 2.24. The number of ether oxygens (including phenoxy) is 1. The summed E-state index contributed by atoms with van der Waals surface area (Å²) < 4.78 is 5.63. The summed E-state index contributed by atoms with van der Waals surface area (Å²) >= 11 is 0. The fourth-order valence-corrected chi connectivity index (χ4v) is 2.24. The van der Waals surface area contributed by atoms with Crippen LogP contribution in [0, 0.1) is 0 Å². The zero-order valence-electron chi connectivity index (χ0n) is 13.4. The van der Waals surface area contributed by atoms with E-state index >= 15 is 0 Å². The van der Waals surface area contributed by atoms with E-state index in [4.69, 9.17) is 4.74 Å². The van der Waals surface area contributed by atoms with E-state index in [2.05, 4.69) is 31.0 Å². The molecule has 1 fully saturated rings. The molecule has 19 heavy (non-hydrogen) atoms. The molecule has 1 atom stereocenters. The molecule has 1 amide bonds. The minimum absolute atomic E-state index is 0.0588. The molecule has 1 unspecified atom stereocenters. The van der Waals surface area contributed by atoms with Crippen molar-refractivity contribution < 1.29 is 9.53 Å². The van der Waals surface area contributed by atoms with Crippen molar-refractivity contribution >= 4 is 5.91 Å². The van der Waals surface area contributed by atoms with Crippen LogP contribution >= 0.6 is 0 Å². The maximum absolute atomic E-state index is 12.0. The first-order valence-electron chi connectivity index (χ1n) is 7.30. The number of carbonyl (C=O) groups is 1. The predicted molar refractivity (Wildman–Crippen MR) is 78.2 cm³/mol. The highest BCUT2D eigenvalue weighted by Gasteiger charge is 2.40. The highest BCUT2D eigenvalue weighted by atomic mass is 16.5. The van der Waals surface area contributed by atoms with Crippen LogP contribution in [0.3, 0.4) is 0 Å². The SMILES string of the molecule is CC(C)(C)OCCCNC(=O)C1CCN1C(C)(C)C. The smallest absolute Gasteiger partial charge is 0.237 e. The summed E-state index contributed by atoms with van der Waals surface area (Å²) in [6.45, 7) is 15.0. The van der Waals surface area contributed by atoms with Crippen molar-refractivity contribution in [2.45, 2.75) is 71.6 Å². The maximum atomic E-state index is 12.0. The van der Waals surface area contributed by atoms with Gasteiger partial charge in [0.05, 0.1) is 11.6 Å². The minimum Gasteiger partial charge on any atom is -0.376 e. The Kier molecular flexibility index (Phi) is 5.39. The lowest BCUT2D eigenvalue weighted by molar-refractivity contribution is -0.135. The molecule has 1 saturated heterocycles. The van der Waals surface area contributed by atoms with E-state index in [1.165, 1.54) is 0 Å². The fraction of sp³-hybridized carbons (Fsp3) is 0.933. The van der Waals surface area contributed by atoms with Gasteiger partial charge in [0.2, 0.25) is 5.91 Å². The summed E-state index contributed by atoms with van der Waals surface area (Å²) in [5.41, 5.74) is -0.0172. The Labute approximate surface area is 117 Å². The summed E-state index contributed by atoms with van der Waals surface area (Å²) in [5, 5.41) is 3.01. The maximum Gasteiger partial charge on any atom is 0.237 e. The van der Waals surface area contributed by atoms with Gasteiger partial charge < -0.3 is 10.1 Å². The zero-order valence-corrected chi connectivity index (χ0v) is 13.4. The van der Waals surface area contributed by atoms with Crippen molar-refractivity contribution in [3.8, 4) is 0 Å². The van der Waals surface area contributed by atoms with Gasteiger partial charge in [-0.25, -0.2) is 0 Å². The molecule has 0 saturated carbocycles. The Morgan fingerprint density at radius 2 is 1.89 bits per heavy atom. The van der Waals surface area contributed by atoms with Crippen LogP contribution in [-0.2, 0) is 9.53 Å². The third-order valence-electron chi connectivity index (χ3n) is 3.34. The van der Waals surface area contributed by atoms with Crippen LogP contribution in [-0.4, -0.2) is 47.7 Å². The first-order chi connectivity index (χ1) is 8.61. The van der Waals surface area contributed by atoms with E-state index in [9.17, 15) is 4.79 Å². The molecular weight excluding hydrogens is 240 g/mol. The lowest BCUT2D eigenvalue weighted by Crippen LogP contribution is -2.62. The standard InChI is InChI=1S/C15H30N2O2/c1-14(2,3)17-10-8-12(17)13(18)16-9-7-11-19-15(4,5)6/h12H,7-11H2,1-6H3,(H,16,18). The summed E-state index contributed by atoms with van der Waals surface area (Å²) in [4.78, 5) is 14.3. The summed E-state index contributed by atoms with van der Waals surface area (Å²) in [6, 6.07) is 0.0588. The summed E-state index contributed by atoms with van der Waals surface area (Å²) in [5.74, 6) is 0.164. The quantitative estimate of drug-likeness (QED) is 0.779. The van der Waals surface area contributed by atoms with Gasteiger partial charge in [0.25, 0.3) is 0 Å². The molecule has 0 spiro atoms. The van der Waals surface area contributed by atoms with Crippen LogP contribution in [0.1, 0.15) is 54.4 Å². The number of rotatable bonds is 5. The van der Waals surface area contributed by atoms with Crippen molar-refractivity contribution in [2.24, 2.45) is 0 Å². The lowest BCUT2D eigenvalue weighted by atomic mass is 9.93. The monoisotopic (exact) mass is 270 g/mol. The van der Waals surface area contributed by atoms with Gasteiger partial charge in [-0.1, -0.05) is 0 Å². The van der Waals surface area contributed by atoms with E-state index in [-0.39, 0.29) is 23.1 Å². The Morgan fingerprint density at radius 1 is 1.26 bits per heavy atom. The zero-order chi connectivity index (χ0) is 14.7. The van der Waals surface area contributed by atoms with Crippen LogP contribution in [0.15, 0.2) is 0 Å². The second kappa shape index (κ2) is 6.23. The molecule has 1 aliphatic heterocycles. The number of hydrogen-bond acceptors (Lipinski definition) is 3. The van der Waals surface area contributed by atoms with Gasteiger partial charge in [0, 0.05) is 25.2 Å². The average Bonchev–Trinajstić information content (AvgIpc) is 2.10. The molecule has 1 rings (SSSR count). The second-order valence-corrected chi connectivity index (χ2v) is 7.27. The third-order valence-corrected chi connectivity index (χ3v) is 3.34. The largest absolute Gasteiger partial charge is 0.376 e. The van der Waals surface area contributed by atoms with Crippen LogP contribution in [0.2, 0.25) is 0 Å². The van der Waals surface area contributed by atoms with E-state index in [0.29, 0.717) is 13.2 Å². The van der Waals surface area contributed by atoms with Crippen molar-refractivity contribution in [1.82, 2.24) is 10.2 Å². The van der Waals surface area contributed by atoms with Crippen molar-refractivity contribution in [3.63, 3.8) is 0 Å². The highest BCUT2D eigenvalue weighted by molar-refractivity contribution is 5.82. The summed E-state index contributed by atoms with van der Waals surface area (Å²) in [7, 11) is 0. The first kappa shape index (κ1) is 16.4. The molecule has 0 radical (unpaired) electrons. The molecule has 0 bridgehead atoms. The molecule has 0 aromatic rings. The average molecular weight is 270 g/mol. The van der Waals surface area contributed by atoms with Crippen molar-refractivity contribution in [2.75, 3.05) is 19.7 Å². The van der Waals surface area contributed by atoms with Crippen molar-refractivity contribution in [3.05, 3.63) is 0 Å². The van der Waals surface area contributed by atoms with E-state index in [1.54, 1.807) is 0 Å². The molecule has 4 nitrogen and oxygen atoms in total. The normalized spacial score (nSPS) is 21.1. The van der Waals surface area contributed by atoms with Gasteiger partial charge in [-0.05, 0) is 54.4 Å². The molecule has 1 aliphatic rings. The van der Waals surface area contributed by atoms with Gasteiger partial charge in [-0.15, -0.1) is 0 Å². The number of nitrogens with zero attached hydrogens (tertiary/aromatic N) is 1. The van der Waals surface area contributed by atoms with Gasteiger partial charge >= 0.3 is 0 Å². The van der Waals surface area contributed by atoms with Crippen LogP contribution in [0.25, 0.3) is 0 Å². The molecular formula is C15H30N2O2. The molecule has 112 valence electrons. The van der Waals surface area contributed by atoms with Crippen LogP contribution < -0.4 is 5.32 Å². The number of nitrogens with one attached hydrogen (secondary N) is 1. The molecule has 1 N–H and O–H groups in total. The first-order valence-corrected chi connectivity index (χ1v) is 7.30.